The van der Waals surface area contributed by atoms with Gasteiger partial charge in [-0.25, -0.2) is 18.4 Å². The highest BCUT2D eigenvalue weighted by Crippen LogP contribution is 2.48. The number of esters is 1. The SMILES string of the molecule is CC(C)(C)[Si](C)(C)OC[C@H]1CN(c2ccc(OC[C@H]3C[C@H]4COc5c(c(F)cc6c(=O)c(C(=O)OCc7ccccc7)cn(C7CC7)c56)N4C3)c(F)c2)C(=O)O1. The Morgan fingerprint density at radius 3 is 2.45 bits per heavy atom. The summed E-state index contributed by atoms with van der Waals surface area (Å²) < 4.78 is 62.9. The van der Waals surface area contributed by atoms with Crippen molar-refractivity contribution in [1.82, 2.24) is 4.57 Å². The van der Waals surface area contributed by atoms with Crippen LogP contribution in [-0.4, -0.2) is 70.0 Å². The lowest BCUT2D eigenvalue weighted by Gasteiger charge is -2.36. The summed E-state index contributed by atoms with van der Waals surface area (Å²) >= 11 is 0. The van der Waals surface area contributed by atoms with Gasteiger partial charge in [0.2, 0.25) is 5.43 Å². The molecule has 1 aliphatic carbocycles. The standard InChI is InChI=1S/C42H47F2N3O8Si/c1-42(2,3)56(4,5)54-24-30-19-47(41(50)55-30)28-13-14-35(33(43)16-28)51-22-26-15-29-23-52-39-36-31(17-34(44)37(39)45(29)18-26)38(48)32(20-46(36)27-11-12-27)40(49)53-21-25-9-7-6-8-10-25/h6-10,13-14,16-17,20,26-27,29-30H,11-12,15,18-19,21-24H2,1-5H3/t26-,29-,30+/m0/s1. The number of aromatic nitrogens is 1. The topological polar surface area (TPSA) is 109 Å². The van der Waals surface area contributed by atoms with Crippen LogP contribution < -0.4 is 24.7 Å². The number of benzene rings is 3. The minimum Gasteiger partial charge on any atom is -0.490 e. The smallest absolute Gasteiger partial charge is 0.414 e. The number of carbonyl (C=O) groups is 2. The molecule has 0 spiro atoms. The summed E-state index contributed by atoms with van der Waals surface area (Å²) in [6.07, 6.45) is 2.83. The fourth-order valence-corrected chi connectivity index (χ4v) is 8.54. The molecule has 0 radical (unpaired) electrons. The quantitative estimate of drug-likeness (QED) is 0.110. The van der Waals surface area contributed by atoms with Gasteiger partial charge in [-0.1, -0.05) is 51.1 Å². The van der Waals surface area contributed by atoms with Gasteiger partial charge in [0.15, 0.2) is 31.5 Å². The lowest BCUT2D eigenvalue weighted by Crippen LogP contribution is -2.43. The third-order valence-electron chi connectivity index (χ3n) is 11.8. The van der Waals surface area contributed by atoms with Crippen LogP contribution in [-0.2, 0) is 20.5 Å². The molecule has 4 heterocycles. The number of rotatable bonds is 11. The Hall–Kier alpha value is -4.95. The zero-order chi connectivity index (χ0) is 39.5. The number of cyclic esters (lactones) is 1. The summed E-state index contributed by atoms with van der Waals surface area (Å²) in [5.41, 5.74) is 1.12. The van der Waals surface area contributed by atoms with Gasteiger partial charge < -0.3 is 32.8 Å². The number of carbonyl (C=O) groups excluding carboxylic acids is 2. The van der Waals surface area contributed by atoms with E-state index in [2.05, 4.69) is 33.9 Å². The molecule has 2 saturated heterocycles. The van der Waals surface area contributed by atoms with E-state index < -0.39 is 43.5 Å². The first-order valence-corrected chi connectivity index (χ1v) is 22.2. The van der Waals surface area contributed by atoms with Crippen molar-refractivity contribution in [3.8, 4) is 11.5 Å². The first-order chi connectivity index (χ1) is 26.7. The number of halogens is 2. The number of hydrogen-bond donors (Lipinski definition) is 0. The van der Waals surface area contributed by atoms with Crippen molar-refractivity contribution < 1.29 is 41.7 Å². The Bertz CT molecular complexity index is 2240. The van der Waals surface area contributed by atoms with Gasteiger partial charge >= 0.3 is 12.1 Å². The molecule has 11 nitrogen and oxygen atoms in total. The van der Waals surface area contributed by atoms with Crippen molar-refractivity contribution in [2.45, 2.75) is 83.0 Å². The predicted molar refractivity (Wildman–Crippen MR) is 209 cm³/mol. The molecule has 1 amide bonds. The Morgan fingerprint density at radius 1 is 0.964 bits per heavy atom. The molecule has 296 valence electrons. The van der Waals surface area contributed by atoms with E-state index in [-0.39, 0.29) is 84.1 Å². The maximum atomic E-state index is 16.2. The number of anilines is 2. The van der Waals surface area contributed by atoms with Crippen LogP contribution in [0.1, 0.15) is 62.0 Å². The van der Waals surface area contributed by atoms with Crippen LogP contribution >= 0.6 is 0 Å². The van der Waals surface area contributed by atoms with Crippen LogP contribution in [0.3, 0.4) is 0 Å². The predicted octanol–water partition coefficient (Wildman–Crippen LogP) is 7.98. The monoisotopic (exact) mass is 787 g/mol. The van der Waals surface area contributed by atoms with Crippen LogP contribution in [0.15, 0.2) is 65.6 Å². The van der Waals surface area contributed by atoms with Crippen molar-refractivity contribution >= 4 is 42.7 Å². The van der Waals surface area contributed by atoms with Gasteiger partial charge in [0.1, 0.15) is 30.6 Å². The minimum atomic E-state index is -2.04. The van der Waals surface area contributed by atoms with E-state index in [9.17, 15) is 14.4 Å². The molecule has 4 aliphatic rings. The van der Waals surface area contributed by atoms with Gasteiger partial charge in [-0.05, 0) is 61.2 Å². The maximum absolute atomic E-state index is 16.2. The highest BCUT2D eigenvalue weighted by Gasteiger charge is 2.42. The second-order valence-corrected chi connectivity index (χ2v) is 21.6. The molecule has 0 bridgehead atoms. The molecule has 0 unspecified atom stereocenters. The number of nitrogens with zero attached hydrogens (tertiary/aromatic N) is 3. The van der Waals surface area contributed by atoms with Crippen molar-refractivity contribution in [2.24, 2.45) is 5.92 Å². The molecule has 3 aromatic carbocycles. The fourth-order valence-electron chi connectivity index (χ4n) is 7.50. The average Bonchev–Trinajstić information content (AvgIpc) is 3.81. The number of ether oxygens (including phenoxy) is 4. The van der Waals surface area contributed by atoms with Crippen molar-refractivity contribution in [3.63, 3.8) is 0 Å². The summed E-state index contributed by atoms with van der Waals surface area (Å²) in [6.45, 7) is 12.1. The molecule has 0 N–H and O–H groups in total. The van der Waals surface area contributed by atoms with E-state index in [0.29, 0.717) is 24.2 Å². The first-order valence-electron chi connectivity index (χ1n) is 19.2. The van der Waals surface area contributed by atoms with Crippen LogP contribution in [0.5, 0.6) is 11.5 Å². The molecule has 1 saturated carbocycles. The van der Waals surface area contributed by atoms with E-state index in [1.165, 1.54) is 29.3 Å². The highest BCUT2D eigenvalue weighted by atomic mass is 28.4. The van der Waals surface area contributed by atoms with Gasteiger partial charge in [0.05, 0.1) is 42.4 Å². The summed E-state index contributed by atoms with van der Waals surface area (Å²) in [4.78, 5) is 43.0. The van der Waals surface area contributed by atoms with E-state index >= 15 is 8.78 Å². The van der Waals surface area contributed by atoms with Crippen molar-refractivity contribution in [2.75, 3.05) is 42.7 Å². The largest absolute Gasteiger partial charge is 0.490 e. The summed E-state index contributed by atoms with van der Waals surface area (Å²) in [5.74, 6) is -1.75. The Balaban J connectivity index is 0.948. The molecular weight excluding hydrogens is 741 g/mol. The van der Waals surface area contributed by atoms with Crippen LogP contribution in [0.4, 0.5) is 25.0 Å². The average molecular weight is 788 g/mol. The van der Waals surface area contributed by atoms with Crippen LogP contribution in [0.2, 0.25) is 18.1 Å². The third-order valence-corrected chi connectivity index (χ3v) is 16.3. The Labute approximate surface area is 325 Å². The Kier molecular flexibility index (Phi) is 9.84. The fraction of sp³-hybridized carbons (Fsp3) is 0.452. The zero-order valence-electron chi connectivity index (χ0n) is 32.3. The summed E-state index contributed by atoms with van der Waals surface area (Å²) in [6, 6.07) is 14.7. The normalized spacial score (nSPS) is 20.8. The maximum Gasteiger partial charge on any atom is 0.414 e. The molecule has 14 heteroatoms. The van der Waals surface area contributed by atoms with E-state index in [4.69, 9.17) is 23.4 Å². The van der Waals surface area contributed by atoms with E-state index in [0.717, 1.165) is 18.4 Å². The lowest BCUT2D eigenvalue weighted by atomic mass is 10.1. The minimum absolute atomic E-state index is 0.00495. The van der Waals surface area contributed by atoms with Crippen molar-refractivity contribution in [1.29, 1.82) is 0 Å². The van der Waals surface area contributed by atoms with Crippen LogP contribution in [0.25, 0.3) is 10.9 Å². The molecular formula is C42H47F2N3O8Si. The Morgan fingerprint density at radius 2 is 1.73 bits per heavy atom. The molecule has 4 aromatic rings. The van der Waals surface area contributed by atoms with E-state index in [1.807, 2.05) is 39.8 Å². The van der Waals surface area contributed by atoms with Crippen LogP contribution in [0, 0.1) is 17.6 Å². The first kappa shape index (κ1) is 37.9. The number of amides is 1. The van der Waals surface area contributed by atoms with Gasteiger partial charge in [0.25, 0.3) is 0 Å². The summed E-state index contributed by atoms with van der Waals surface area (Å²) in [5, 5.41) is 0.0806. The van der Waals surface area contributed by atoms with Gasteiger partial charge in [-0.15, -0.1) is 0 Å². The molecule has 3 aliphatic heterocycles. The molecule has 56 heavy (non-hydrogen) atoms. The lowest BCUT2D eigenvalue weighted by molar-refractivity contribution is 0.0470. The zero-order valence-corrected chi connectivity index (χ0v) is 33.3. The van der Waals surface area contributed by atoms with E-state index in [1.54, 1.807) is 6.07 Å². The van der Waals surface area contributed by atoms with Gasteiger partial charge in [-0.2, -0.15) is 0 Å². The molecule has 8 rings (SSSR count). The van der Waals surface area contributed by atoms with Gasteiger partial charge in [0, 0.05) is 30.8 Å². The van der Waals surface area contributed by atoms with Gasteiger partial charge in [-0.3, -0.25) is 9.69 Å². The second-order valence-electron chi connectivity index (χ2n) is 16.8. The molecule has 1 aromatic heterocycles. The number of hydrogen-bond acceptors (Lipinski definition) is 9. The molecule has 3 fully saturated rings. The number of fused-ring (bicyclic) bond motifs is 5. The van der Waals surface area contributed by atoms with Crippen molar-refractivity contribution in [3.05, 3.63) is 93.8 Å². The number of pyridine rings is 1. The second kappa shape index (κ2) is 14.5. The third kappa shape index (κ3) is 7.24. The summed E-state index contributed by atoms with van der Waals surface area (Å²) in [7, 11) is -2.04. The molecule has 3 atom stereocenters. The highest BCUT2D eigenvalue weighted by molar-refractivity contribution is 6.74.